The Morgan fingerprint density at radius 3 is 2.50 bits per heavy atom. The van der Waals surface area contributed by atoms with Gasteiger partial charge in [-0.3, -0.25) is 0 Å². The molecule has 3 aliphatic rings. The standard InChI is InChI=1S/C16H26O8/c1-7-2-3-9-8(4-17)6-22-15(11(7)9)24-16-14(21)13(20)12(19)10(5-18)23-16/h6-7,9-21H,2-5H2,1H3/t7-,9+,10+,11+,12+,13-,14+,15-,16-/m0/s1. The highest BCUT2D eigenvalue weighted by Gasteiger charge is 2.49. The van der Waals surface area contributed by atoms with Gasteiger partial charge in [-0.25, -0.2) is 0 Å². The van der Waals surface area contributed by atoms with Crippen LogP contribution < -0.4 is 0 Å². The summed E-state index contributed by atoms with van der Waals surface area (Å²) in [7, 11) is 0. The molecule has 0 aromatic rings. The number of aliphatic hydroxyl groups is 5. The number of hydrogen-bond acceptors (Lipinski definition) is 8. The molecule has 0 unspecified atom stereocenters. The van der Waals surface area contributed by atoms with Crippen LogP contribution in [0, 0.1) is 17.8 Å². The van der Waals surface area contributed by atoms with Crippen molar-refractivity contribution in [2.45, 2.75) is 56.8 Å². The Bertz CT molecular complexity index is 467. The molecule has 0 radical (unpaired) electrons. The lowest BCUT2D eigenvalue weighted by Crippen LogP contribution is -2.60. The van der Waals surface area contributed by atoms with Gasteiger partial charge in [0.05, 0.1) is 19.5 Å². The Morgan fingerprint density at radius 1 is 1.08 bits per heavy atom. The number of ether oxygens (including phenoxy) is 3. The average molecular weight is 346 g/mol. The summed E-state index contributed by atoms with van der Waals surface area (Å²) in [6.45, 7) is 1.51. The van der Waals surface area contributed by atoms with Crippen molar-refractivity contribution in [2.24, 2.45) is 17.8 Å². The first-order chi connectivity index (χ1) is 11.5. The maximum Gasteiger partial charge on any atom is 0.205 e. The van der Waals surface area contributed by atoms with Crippen LogP contribution in [0.2, 0.25) is 0 Å². The van der Waals surface area contributed by atoms with E-state index in [1.165, 1.54) is 6.26 Å². The SMILES string of the molecule is C[C@H]1CC[C@@H]2C(CO)=CO[C@@H](O[C@@H]3O[C@H](CO)[C@@H](O)[C@H](O)[C@H]3O)[C@@H]21. The van der Waals surface area contributed by atoms with E-state index in [1.807, 2.05) is 0 Å². The fourth-order valence-electron chi connectivity index (χ4n) is 4.04. The first-order valence-electron chi connectivity index (χ1n) is 8.39. The zero-order valence-electron chi connectivity index (χ0n) is 13.6. The summed E-state index contributed by atoms with van der Waals surface area (Å²) in [6, 6.07) is 0. The third-order valence-corrected chi connectivity index (χ3v) is 5.50. The molecular weight excluding hydrogens is 320 g/mol. The molecule has 2 aliphatic heterocycles. The first kappa shape index (κ1) is 18.1. The molecule has 0 aromatic carbocycles. The predicted molar refractivity (Wildman–Crippen MR) is 80.3 cm³/mol. The summed E-state index contributed by atoms with van der Waals surface area (Å²) in [6.07, 6.45) is -3.88. The highest BCUT2D eigenvalue weighted by atomic mass is 16.8. The molecule has 1 saturated heterocycles. The molecule has 8 nitrogen and oxygen atoms in total. The molecule has 1 aliphatic carbocycles. The summed E-state index contributed by atoms with van der Waals surface area (Å²) in [5.41, 5.74) is 0.831. The van der Waals surface area contributed by atoms with E-state index in [9.17, 15) is 25.5 Å². The van der Waals surface area contributed by atoms with Crippen molar-refractivity contribution in [3.8, 4) is 0 Å². The molecule has 3 rings (SSSR count). The molecule has 5 N–H and O–H groups in total. The van der Waals surface area contributed by atoms with E-state index in [4.69, 9.17) is 14.2 Å². The molecule has 9 atom stereocenters. The van der Waals surface area contributed by atoms with Crippen LogP contribution in [0.1, 0.15) is 19.8 Å². The molecule has 0 aromatic heterocycles. The van der Waals surface area contributed by atoms with E-state index in [0.29, 0.717) is 5.92 Å². The van der Waals surface area contributed by atoms with Crippen molar-refractivity contribution in [3.63, 3.8) is 0 Å². The third-order valence-electron chi connectivity index (χ3n) is 5.50. The molecular formula is C16H26O8. The smallest absolute Gasteiger partial charge is 0.205 e. The van der Waals surface area contributed by atoms with Crippen molar-refractivity contribution in [1.82, 2.24) is 0 Å². The molecule has 0 spiro atoms. The summed E-state index contributed by atoms with van der Waals surface area (Å²) >= 11 is 0. The fraction of sp³-hybridized carbons (Fsp3) is 0.875. The van der Waals surface area contributed by atoms with Gasteiger partial charge >= 0.3 is 0 Å². The van der Waals surface area contributed by atoms with E-state index in [0.717, 1.165) is 18.4 Å². The van der Waals surface area contributed by atoms with E-state index in [2.05, 4.69) is 6.92 Å². The van der Waals surface area contributed by atoms with Gasteiger partial charge < -0.3 is 39.7 Å². The van der Waals surface area contributed by atoms with Gasteiger partial charge in [-0.1, -0.05) is 6.92 Å². The summed E-state index contributed by atoms with van der Waals surface area (Å²) in [5.74, 6) is 0.457. The molecule has 2 heterocycles. The lowest BCUT2D eigenvalue weighted by molar-refractivity contribution is -0.342. The Balaban J connectivity index is 1.74. The van der Waals surface area contributed by atoms with Gasteiger partial charge in [0, 0.05) is 5.92 Å². The average Bonchev–Trinajstić information content (AvgIpc) is 2.98. The van der Waals surface area contributed by atoms with Crippen LogP contribution in [-0.4, -0.2) is 75.7 Å². The molecule has 8 heteroatoms. The largest absolute Gasteiger partial charge is 0.472 e. The fourth-order valence-corrected chi connectivity index (χ4v) is 4.04. The monoisotopic (exact) mass is 346 g/mol. The van der Waals surface area contributed by atoms with E-state index < -0.39 is 43.6 Å². The zero-order chi connectivity index (χ0) is 17.4. The van der Waals surface area contributed by atoms with E-state index in [-0.39, 0.29) is 18.4 Å². The van der Waals surface area contributed by atoms with Gasteiger partial charge in [0.2, 0.25) is 6.29 Å². The lowest BCUT2D eigenvalue weighted by atomic mass is 9.84. The van der Waals surface area contributed by atoms with E-state index >= 15 is 0 Å². The second-order valence-corrected chi connectivity index (χ2v) is 6.93. The van der Waals surface area contributed by atoms with Crippen LogP contribution in [0.4, 0.5) is 0 Å². The van der Waals surface area contributed by atoms with Gasteiger partial charge in [-0.05, 0) is 30.3 Å². The van der Waals surface area contributed by atoms with Gasteiger partial charge in [-0.15, -0.1) is 0 Å². The van der Waals surface area contributed by atoms with Crippen LogP contribution in [0.3, 0.4) is 0 Å². The molecule has 0 bridgehead atoms. The highest BCUT2D eigenvalue weighted by Crippen LogP contribution is 2.47. The second-order valence-electron chi connectivity index (χ2n) is 6.93. The van der Waals surface area contributed by atoms with Gasteiger partial charge in [0.1, 0.15) is 24.4 Å². The predicted octanol–water partition coefficient (Wildman–Crippen LogP) is -1.30. The molecule has 0 amide bonds. The minimum absolute atomic E-state index is 0.00418. The number of rotatable bonds is 4. The minimum Gasteiger partial charge on any atom is -0.472 e. The van der Waals surface area contributed by atoms with E-state index in [1.54, 1.807) is 0 Å². The molecule has 138 valence electrons. The van der Waals surface area contributed by atoms with Crippen LogP contribution >= 0.6 is 0 Å². The van der Waals surface area contributed by atoms with Crippen molar-refractivity contribution < 1.29 is 39.7 Å². The third kappa shape index (κ3) is 3.08. The zero-order valence-corrected chi connectivity index (χ0v) is 13.6. The van der Waals surface area contributed by atoms with Crippen molar-refractivity contribution in [1.29, 1.82) is 0 Å². The second kappa shape index (κ2) is 7.25. The topological polar surface area (TPSA) is 129 Å². The van der Waals surface area contributed by atoms with Gasteiger partial charge in [-0.2, -0.15) is 0 Å². The maximum absolute atomic E-state index is 10.1. The molecule has 24 heavy (non-hydrogen) atoms. The number of hydrogen-bond donors (Lipinski definition) is 5. The quantitative estimate of drug-likeness (QED) is 0.425. The lowest BCUT2D eigenvalue weighted by Gasteiger charge is -2.43. The van der Waals surface area contributed by atoms with Gasteiger partial charge in [0.25, 0.3) is 0 Å². The Labute approximate surface area is 140 Å². The normalized spacial score (nSPS) is 48.6. The summed E-state index contributed by atoms with van der Waals surface area (Å²) < 4.78 is 16.8. The van der Waals surface area contributed by atoms with Crippen molar-refractivity contribution in [3.05, 3.63) is 11.8 Å². The molecule has 2 fully saturated rings. The van der Waals surface area contributed by atoms with Crippen LogP contribution in [0.25, 0.3) is 0 Å². The van der Waals surface area contributed by atoms with Crippen molar-refractivity contribution in [2.75, 3.05) is 13.2 Å². The highest BCUT2D eigenvalue weighted by molar-refractivity contribution is 5.12. The Kier molecular flexibility index (Phi) is 5.45. The molecule has 1 saturated carbocycles. The minimum atomic E-state index is -1.48. The Morgan fingerprint density at radius 2 is 1.83 bits per heavy atom. The van der Waals surface area contributed by atoms with Crippen molar-refractivity contribution >= 4 is 0 Å². The van der Waals surface area contributed by atoms with Crippen LogP contribution in [0.15, 0.2) is 11.8 Å². The number of fused-ring (bicyclic) bond motifs is 1. The maximum atomic E-state index is 10.1. The first-order valence-corrected chi connectivity index (χ1v) is 8.39. The van der Waals surface area contributed by atoms with Gasteiger partial charge in [0.15, 0.2) is 6.29 Å². The summed E-state index contributed by atoms with van der Waals surface area (Å²) in [4.78, 5) is 0. The number of aliphatic hydroxyl groups excluding tert-OH is 5. The Hall–Kier alpha value is -0.740. The summed E-state index contributed by atoms with van der Waals surface area (Å²) in [5, 5.41) is 48.5. The van der Waals surface area contributed by atoms with Crippen LogP contribution in [0.5, 0.6) is 0 Å². The van der Waals surface area contributed by atoms with Crippen LogP contribution in [-0.2, 0) is 14.2 Å².